The predicted octanol–water partition coefficient (Wildman–Crippen LogP) is 2.61. The van der Waals surface area contributed by atoms with Crippen LogP contribution in [0.5, 0.6) is 0 Å². The Morgan fingerprint density at radius 3 is 2.92 bits per heavy atom. The standard InChI is InChI=1S/C18H24N4O3/c1-3-12(2)16(17-19-13-6-4-5-7-14(13)20-17)21-15(23)8-9-22-10-11-25-18(22)24/h4-7,12,16H,3,8-11H2,1-2H3,(H,19,20)(H,21,23)/t12-,16+/m1/s1. The molecule has 0 saturated carbocycles. The average Bonchev–Trinajstić information content (AvgIpc) is 3.22. The normalized spacial score (nSPS) is 16.7. The van der Waals surface area contributed by atoms with Gasteiger partial charge in [-0.25, -0.2) is 9.78 Å². The molecular weight excluding hydrogens is 320 g/mol. The van der Waals surface area contributed by atoms with Crippen molar-refractivity contribution in [3.63, 3.8) is 0 Å². The predicted molar refractivity (Wildman–Crippen MR) is 94.0 cm³/mol. The van der Waals surface area contributed by atoms with E-state index in [2.05, 4.69) is 29.1 Å². The maximum absolute atomic E-state index is 12.4. The largest absolute Gasteiger partial charge is 0.448 e. The lowest BCUT2D eigenvalue weighted by molar-refractivity contribution is -0.122. The van der Waals surface area contributed by atoms with Gasteiger partial charge < -0.3 is 19.9 Å². The number of carbonyl (C=O) groups excluding carboxylic acids is 2. The van der Waals surface area contributed by atoms with Gasteiger partial charge in [-0.1, -0.05) is 32.4 Å². The first-order valence-corrected chi connectivity index (χ1v) is 8.74. The zero-order valence-electron chi connectivity index (χ0n) is 14.6. The summed E-state index contributed by atoms with van der Waals surface area (Å²) >= 11 is 0. The summed E-state index contributed by atoms with van der Waals surface area (Å²) in [7, 11) is 0. The third-order valence-electron chi connectivity index (χ3n) is 4.69. The molecule has 0 unspecified atom stereocenters. The number of aromatic nitrogens is 2. The van der Waals surface area contributed by atoms with Crippen molar-refractivity contribution in [3.05, 3.63) is 30.1 Å². The number of benzene rings is 1. The molecule has 2 aromatic rings. The Bertz CT molecular complexity index is 725. The molecule has 1 aliphatic heterocycles. The fourth-order valence-corrected chi connectivity index (χ4v) is 2.95. The molecule has 0 spiro atoms. The number of hydrogen-bond donors (Lipinski definition) is 2. The van der Waals surface area contributed by atoms with Crippen LogP contribution in [-0.4, -0.2) is 46.6 Å². The lowest BCUT2D eigenvalue weighted by atomic mass is 9.98. The minimum atomic E-state index is -0.344. The van der Waals surface area contributed by atoms with E-state index in [0.29, 0.717) is 19.7 Å². The number of para-hydroxylation sites is 2. The van der Waals surface area contributed by atoms with E-state index in [9.17, 15) is 9.59 Å². The molecule has 1 aliphatic rings. The number of ether oxygens (including phenoxy) is 1. The molecule has 0 bridgehead atoms. The van der Waals surface area contributed by atoms with Crippen molar-refractivity contribution in [1.29, 1.82) is 0 Å². The van der Waals surface area contributed by atoms with E-state index in [-0.39, 0.29) is 30.4 Å². The lowest BCUT2D eigenvalue weighted by Gasteiger charge is -2.23. The minimum absolute atomic E-state index is 0.0922. The van der Waals surface area contributed by atoms with E-state index in [1.165, 1.54) is 0 Å². The summed E-state index contributed by atoms with van der Waals surface area (Å²) in [5.74, 6) is 0.913. The second-order valence-corrected chi connectivity index (χ2v) is 6.42. The Morgan fingerprint density at radius 1 is 1.44 bits per heavy atom. The molecule has 1 aromatic carbocycles. The molecule has 134 valence electrons. The van der Waals surface area contributed by atoms with Gasteiger partial charge >= 0.3 is 6.09 Å². The van der Waals surface area contributed by atoms with Gasteiger partial charge in [0.1, 0.15) is 12.4 Å². The summed E-state index contributed by atoms with van der Waals surface area (Å²) in [6, 6.07) is 7.63. The fourth-order valence-electron chi connectivity index (χ4n) is 2.95. The second-order valence-electron chi connectivity index (χ2n) is 6.42. The Hall–Kier alpha value is -2.57. The van der Waals surface area contributed by atoms with Crippen molar-refractivity contribution in [2.45, 2.75) is 32.7 Å². The van der Waals surface area contributed by atoms with E-state index < -0.39 is 0 Å². The van der Waals surface area contributed by atoms with Gasteiger partial charge in [0.05, 0.1) is 23.6 Å². The molecule has 0 aliphatic carbocycles. The SMILES string of the molecule is CC[C@@H](C)[C@H](NC(=O)CCN1CCOC1=O)c1nc2ccccc2[nH]1. The number of carbonyl (C=O) groups is 2. The Morgan fingerprint density at radius 2 is 2.24 bits per heavy atom. The van der Waals surface area contributed by atoms with Crippen molar-refractivity contribution in [2.24, 2.45) is 5.92 Å². The number of rotatable bonds is 7. The van der Waals surface area contributed by atoms with Gasteiger partial charge in [-0.2, -0.15) is 0 Å². The summed E-state index contributed by atoms with van der Waals surface area (Å²) in [5, 5.41) is 3.07. The third kappa shape index (κ3) is 3.92. The van der Waals surface area contributed by atoms with Crippen LogP contribution < -0.4 is 5.32 Å². The molecule has 25 heavy (non-hydrogen) atoms. The van der Waals surface area contributed by atoms with Crippen LogP contribution in [0.4, 0.5) is 4.79 Å². The molecule has 7 nitrogen and oxygen atoms in total. The van der Waals surface area contributed by atoms with Gasteiger partial charge in [-0.05, 0) is 18.1 Å². The Labute approximate surface area is 146 Å². The third-order valence-corrected chi connectivity index (χ3v) is 4.69. The zero-order valence-corrected chi connectivity index (χ0v) is 14.6. The van der Waals surface area contributed by atoms with Gasteiger partial charge in [0, 0.05) is 13.0 Å². The van der Waals surface area contributed by atoms with Gasteiger partial charge in [0.25, 0.3) is 0 Å². The van der Waals surface area contributed by atoms with E-state index in [1.807, 2.05) is 24.3 Å². The molecule has 2 atom stereocenters. The molecule has 1 fully saturated rings. The van der Waals surface area contributed by atoms with Gasteiger partial charge in [-0.15, -0.1) is 0 Å². The van der Waals surface area contributed by atoms with Gasteiger partial charge in [0.2, 0.25) is 5.91 Å². The highest BCUT2D eigenvalue weighted by Crippen LogP contribution is 2.24. The minimum Gasteiger partial charge on any atom is -0.448 e. The molecule has 3 rings (SSSR count). The Balaban J connectivity index is 1.68. The average molecular weight is 344 g/mol. The first kappa shape index (κ1) is 17.3. The van der Waals surface area contributed by atoms with Gasteiger partial charge in [0.15, 0.2) is 0 Å². The quantitative estimate of drug-likeness (QED) is 0.808. The van der Waals surface area contributed by atoms with Crippen molar-refractivity contribution in [2.75, 3.05) is 19.7 Å². The maximum atomic E-state index is 12.4. The molecule has 2 heterocycles. The summed E-state index contributed by atoms with van der Waals surface area (Å²) in [6.45, 7) is 5.50. The number of H-pyrrole nitrogens is 1. The van der Waals surface area contributed by atoms with Crippen LogP contribution in [0.3, 0.4) is 0 Å². The highest BCUT2D eigenvalue weighted by molar-refractivity contribution is 5.78. The number of aromatic amines is 1. The molecule has 0 radical (unpaired) electrons. The zero-order chi connectivity index (χ0) is 17.8. The van der Waals surface area contributed by atoms with E-state index in [4.69, 9.17) is 4.74 Å². The van der Waals surface area contributed by atoms with Crippen LogP contribution in [0.25, 0.3) is 11.0 Å². The molecule has 2 amide bonds. The second kappa shape index (κ2) is 7.55. The highest BCUT2D eigenvalue weighted by Gasteiger charge is 2.25. The van der Waals surface area contributed by atoms with E-state index in [1.54, 1.807) is 4.90 Å². The molecular formula is C18H24N4O3. The number of hydrogen-bond acceptors (Lipinski definition) is 4. The molecule has 2 N–H and O–H groups in total. The van der Waals surface area contributed by atoms with E-state index >= 15 is 0 Å². The first-order chi connectivity index (χ1) is 12.1. The Kier molecular flexibility index (Phi) is 5.21. The van der Waals surface area contributed by atoms with Crippen molar-refractivity contribution >= 4 is 23.0 Å². The number of amides is 2. The number of imidazole rings is 1. The smallest absolute Gasteiger partial charge is 0.409 e. The first-order valence-electron chi connectivity index (χ1n) is 8.74. The van der Waals surface area contributed by atoms with Gasteiger partial charge in [-0.3, -0.25) is 4.79 Å². The summed E-state index contributed by atoms with van der Waals surface area (Å²) in [5.41, 5.74) is 1.85. The van der Waals surface area contributed by atoms with Crippen LogP contribution in [-0.2, 0) is 9.53 Å². The summed E-state index contributed by atoms with van der Waals surface area (Å²) in [6.07, 6.45) is 0.825. The van der Waals surface area contributed by atoms with Crippen LogP contribution >= 0.6 is 0 Å². The molecule has 1 saturated heterocycles. The number of nitrogens with zero attached hydrogens (tertiary/aromatic N) is 2. The van der Waals surface area contributed by atoms with Crippen molar-refractivity contribution in [3.8, 4) is 0 Å². The summed E-state index contributed by atoms with van der Waals surface area (Å²) in [4.78, 5) is 33.3. The van der Waals surface area contributed by atoms with Crippen LogP contribution in [0.1, 0.15) is 38.6 Å². The van der Waals surface area contributed by atoms with Crippen LogP contribution in [0.2, 0.25) is 0 Å². The van der Waals surface area contributed by atoms with Crippen molar-refractivity contribution in [1.82, 2.24) is 20.2 Å². The summed E-state index contributed by atoms with van der Waals surface area (Å²) < 4.78 is 4.88. The molecule has 1 aromatic heterocycles. The number of nitrogens with one attached hydrogen (secondary N) is 2. The lowest BCUT2D eigenvalue weighted by Crippen LogP contribution is -2.36. The topological polar surface area (TPSA) is 87.3 Å². The monoisotopic (exact) mass is 344 g/mol. The number of cyclic esters (lactones) is 1. The molecule has 7 heteroatoms. The fraction of sp³-hybridized carbons (Fsp3) is 0.500. The van der Waals surface area contributed by atoms with Crippen LogP contribution in [0, 0.1) is 5.92 Å². The van der Waals surface area contributed by atoms with Crippen LogP contribution in [0.15, 0.2) is 24.3 Å². The number of fused-ring (bicyclic) bond motifs is 1. The van der Waals surface area contributed by atoms with E-state index in [0.717, 1.165) is 23.3 Å². The highest BCUT2D eigenvalue weighted by atomic mass is 16.6. The maximum Gasteiger partial charge on any atom is 0.409 e. The van der Waals surface area contributed by atoms with Crippen molar-refractivity contribution < 1.29 is 14.3 Å².